The Labute approximate surface area is 117 Å². The smallest absolute Gasteiger partial charge is 0.219 e. The van der Waals surface area contributed by atoms with E-state index in [2.05, 4.69) is 15.9 Å². The van der Waals surface area contributed by atoms with Crippen LogP contribution in [0.4, 0.5) is 0 Å². The molecule has 0 aromatic heterocycles. The fourth-order valence-electron chi connectivity index (χ4n) is 1.72. The first-order valence-corrected chi connectivity index (χ1v) is 6.73. The second kappa shape index (κ2) is 6.69. The molecule has 0 aliphatic carbocycles. The fraction of sp³-hybridized carbons (Fsp3) is 0.429. The van der Waals surface area contributed by atoms with Crippen molar-refractivity contribution in [3.63, 3.8) is 0 Å². The van der Waals surface area contributed by atoms with Crippen LogP contribution >= 0.6 is 15.9 Å². The van der Waals surface area contributed by atoms with Crippen molar-refractivity contribution < 1.29 is 4.79 Å². The number of hydrogen-bond acceptors (Lipinski definition) is 2. The molecule has 1 atom stereocenters. The van der Waals surface area contributed by atoms with E-state index in [1.807, 2.05) is 31.2 Å². The Morgan fingerprint density at radius 3 is 2.44 bits per heavy atom. The minimum absolute atomic E-state index is 0.0407. The molecule has 0 heterocycles. The zero-order chi connectivity index (χ0) is 13.7. The SMILES string of the molecule is CC(=O)N(C)[C@@H](C)CC(=N)Cc1ccc(Br)cc1. The van der Waals surface area contributed by atoms with E-state index in [1.165, 1.54) is 0 Å². The quantitative estimate of drug-likeness (QED) is 0.833. The van der Waals surface area contributed by atoms with Crippen LogP contribution in [0.2, 0.25) is 0 Å². The molecule has 98 valence electrons. The maximum atomic E-state index is 11.2. The lowest BCUT2D eigenvalue weighted by molar-refractivity contribution is -0.129. The molecule has 0 saturated carbocycles. The van der Waals surface area contributed by atoms with Gasteiger partial charge in [0.1, 0.15) is 0 Å². The molecule has 1 amide bonds. The second-order valence-electron chi connectivity index (χ2n) is 4.59. The van der Waals surface area contributed by atoms with E-state index in [-0.39, 0.29) is 11.9 Å². The highest BCUT2D eigenvalue weighted by Gasteiger charge is 2.13. The van der Waals surface area contributed by atoms with Crippen LogP contribution < -0.4 is 0 Å². The molecule has 1 aromatic rings. The number of hydrogen-bond donors (Lipinski definition) is 1. The zero-order valence-electron chi connectivity index (χ0n) is 11.0. The molecule has 0 spiro atoms. The van der Waals surface area contributed by atoms with Gasteiger partial charge in [0.2, 0.25) is 5.91 Å². The van der Waals surface area contributed by atoms with Gasteiger partial charge in [-0.2, -0.15) is 0 Å². The van der Waals surface area contributed by atoms with Crippen molar-refractivity contribution in [2.75, 3.05) is 7.05 Å². The molecule has 1 rings (SSSR count). The van der Waals surface area contributed by atoms with Crippen LogP contribution in [0.1, 0.15) is 25.8 Å². The molecule has 0 aliphatic rings. The number of carbonyl (C=O) groups is 1. The van der Waals surface area contributed by atoms with E-state index >= 15 is 0 Å². The van der Waals surface area contributed by atoms with E-state index in [0.717, 1.165) is 10.0 Å². The van der Waals surface area contributed by atoms with Crippen LogP contribution in [0, 0.1) is 5.41 Å². The lowest BCUT2D eigenvalue weighted by atomic mass is 10.0. The van der Waals surface area contributed by atoms with Crippen molar-refractivity contribution in [2.45, 2.75) is 32.7 Å². The maximum Gasteiger partial charge on any atom is 0.219 e. The highest BCUT2D eigenvalue weighted by molar-refractivity contribution is 9.10. The number of halogens is 1. The van der Waals surface area contributed by atoms with Gasteiger partial charge in [-0.1, -0.05) is 28.1 Å². The topological polar surface area (TPSA) is 44.2 Å². The first-order valence-electron chi connectivity index (χ1n) is 5.94. The standard InChI is InChI=1S/C14H19BrN2O/c1-10(17(3)11(2)18)8-14(16)9-12-4-6-13(15)7-5-12/h4-7,10,16H,8-9H2,1-3H3/t10-/m0/s1. The van der Waals surface area contributed by atoms with Crippen LogP contribution in [0.3, 0.4) is 0 Å². The Morgan fingerprint density at radius 2 is 1.94 bits per heavy atom. The summed E-state index contributed by atoms with van der Waals surface area (Å²) in [6.45, 7) is 3.52. The van der Waals surface area contributed by atoms with Gasteiger partial charge < -0.3 is 10.3 Å². The summed E-state index contributed by atoms with van der Waals surface area (Å²) in [6.07, 6.45) is 1.26. The van der Waals surface area contributed by atoms with Crippen molar-refractivity contribution in [3.8, 4) is 0 Å². The predicted octanol–water partition coefficient (Wildman–Crippen LogP) is 3.27. The number of rotatable bonds is 5. The van der Waals surface area contributed by atoms with Crippen molar-refractivity contribution in [1.29, 1.82) is 5.41 Å². The van der Waals surface area contributed by atoms with Crippen LogP contribution in [0.25, 0.3) is 0 Å². The molecular weight excluding hydrogens is 292 g/mol. The van der Waals surface area contributed by atoms with Crippen molar-refractivity contribution in [1.82, 2.24) is 4.90 Å². The molecule has 1 aromatic carbocycles. The first kappa shape index (κ1) is 14.9. The Bertz CT molecular complexity index is 428. The molecular formula is C14H19BrN2O. The van der Waals surface area contributed by atoms with Gasteiger partial charge in [0.15, 0.2) is 0 Å². The maximum absolute atomic E-state index is 11.2. The largest absolute Gasteiger partial charge is 0.343 e. The molecule has 3 nitrogen and oxygen atoms in total. The van der Waals surface area contributed by atoms with Gasteiger partial charge in [-0.3, -0.25) is 4.79 Å². The Hall–Kier alpha value is -1.16. The normalized spacial score (nSPS) is 12.0. The van der Waals surface area contributed by atoms with Gasteiger partial charge in [-0.05, 0) is 24.6 Å². The molecule has 0 unspecified atom stereocenters. The highest BCUT2D eigenvalue weighted by Crippen LogP contribution is 2.12. The van der Waals surface area contributed by atoms with E-state index in [0.29, 0.717) is 18.6 Å². The lowest BCUT2D eigenvalue weighted by Gasteiger charge is -2.23. The van der Waals surface area contributed by atoms with E-state index in [1.54, 1.807) is 18.9 Å². The third-order valence-corrected chi connectivity index (χ3v) is 3.56. The van der Waals surface area contributed by atoms with Gasteiger partial charge in [-0.25, -0.2) is 0 Å². The summed E-state index contributed by atoms with van der Waals surface area (Å²) in [5.74, 6) is 0.0407. The van der Waals surface area contributed by atoms with Crippen molar-refractivity contribution >= 4 is 27.5 Å². The van der Waals surface area contributed by atoms with Crippen molar-refractivity contribution in [3.05, 3.63) is 34.3 Å². The minimum atomic E-state index is 0.0407. The van der Waals surface area contributed by atoms with Crippen LogP contribution in [-0.4, -0.2) is 29.6 Å². The highest BCUT2D eigenvalue weighted by atomic mass is 79.9. The summed E-state index contributed by atoms with van der Waals surface area (Å²) in [5, 5.41) is 7.99. The van der Waals surface area contributed by atoms with Crippen molar-refractivity contribution in [2.24, 2.45) is 0 Å². The number of nitrogens with one attached hydrogen (secondary N) is 1. The average Bonchev–Trinajstić information content (AvgIpc) is 2.30. The molecule has 0 bridgehead atoms. The van der Waals surface area contributed by atoms with Crippen LogP contribution in [0.5, 0.6) is 0 Å². The van der Waals surface area contributed by atoms with E-state index in [9.17, 15) is 4.79 Å². The third kappa shape index (κ3) is 4.61. The first-order chi connectivity index (χ1) is 8.40. The molecule has 1 N–H and O–H groups in total. The summed E-state index contributed by atoms with van der Waals surface area (Å²) in [6, 6.07) is 8.06. The summed E-state index contributed by atoms with van der Waals surface area (Å²) in [7, 11) is 1.78. The number of carbonyl (C=O) groups excluding carboxylic acids is 1. The molecule has 0 fully saturated rings. The van der Waals surface area contributed by atoms with E-state index in [4.69, 9.17) is 5.41 Å². The molecule has 0 aliphatic heterocycles. The third-order valence-electron chi connectivity index (χ3n) is 3.03. The Kier molecular flexibility index (Phi) is 5.54. The molecule has 4 heteroatoms. The predicted molar refractivity (Wildman–Crippen MR) is 78.1 cm³/mol. The summed E-state index contributed by atoms with van der Waals surface area (Å²) in [5.41, 5.74) is 1.78. The summed E-state index contributed by atoms with van der Waals surface area (Å²) < 4.78 is 1.04. The Balaban J connectivity index is 2.51. The van der Waals surface area contributed by atoms with Gasteiger partial charge in [0, 0.05) is 43.0 Å². The second-order valence-corrected chi connectivity index (χ2v) is 5.51. The van der Waals surface area contributed by atoms with Gasteiger partial charge in [0.25, 0.3) is 0 Å². The van der Waals surface area contributed by atoms with E-state index < -0.39 is 0 Å². The minimum Gasteiger partial charge on any atom is -0.343 e. The average molecular weight is 311 g/mol. The summed E-state index contributed by atoms with van der Waals surface area (Å²) >= 11 is 3.39. The Morgan fingerprint density at radius 1 is 1.39 bits per heavy atom. The van der Waals surface area contributed by atoms with Gasteiger partial charge in [-0.15, -0.1) is 0 Å². The fourth-order valence-corrected chi connectivity index (χ4v) is 1.99. The summed E-state index contributed by atoms with van der Waals surface area (Å²) in [4.78, 5) is 12.9. The van der Waals surface area contributed by atoms with Gasteiger partial charge in [0.05, 0.1) is 0 Å². The van der Waals surface area contributed by atoms with Crippen LogP contribution in [-0.2, 0) is 11.2 Å². The monoisotopic (exact) mass is 310 g/mol. The molecule has 0 radical (unpaired) electrons. The molecule has 0 saturated heterocycles. The zero-order valence-corrected chi connectivity index (χ0v) is 12.6. The van der Waals surface area contributed by atoms with Crippen LogP contribution in [0.15, 0.2) is 28.7 Å². The van der Waals surface area contributed by atoms with Gasteiger partial charge >= 0.3 is 0 Å². The number of nitrogens with zero attached hydrogens (tertiary/aromatic N) is 1. The number of benzene rings is 1. The number of amides is 1. The molecule has 18 heavy (non-hydrogen) atoms. The lowest BCUT2D eigenvalue weighted by Crippen LogP contribution is -2.34.